The van der Waals surface area contributed by atoms with E-state index in [1.807, 2.05) is 13.8 Å². The van der Waals surface area contributed by atoms with Crippen molar-refractivity contribution >= 4 is 17.2 Å². The van der Waals surface area contributed by atoms with Crippen molar-refractivity contribution in [3.05, 3.63) is 0 Å². The van der Waals surface area contributed by atoms with Gasteiger partial charge in [0.25, 0.3) is 0 Å². The van der Waals surface area contributed by atoms with E-state index in [0.29, 0.717) is 12.5 Å². The Labute approximate surface area is 68.9 Å². The van der Waals surface area contributed by atoms with Crippen LogP contribution in [0.1, 0.15) is 13.8 Å². The first-order valence-electron chi connectivity index (χ1n) is 2.26. The van der Waals surface area contributed by atoms with Crippen LogP contribution in [0.25, 0.3) is 0 Å². The van der Waals surface area contributed by atoms with Crippen LogP contribution in [-0.2, 0) is 20.5 Å². The van der Waals surface area contributed by atoms with E-state index in [2.05, 4.69) is 0 Å². The molecule has 0 atom stereocenters. The van der Waals surface area contributed by atoms with Gasteiger partial charge in [-0.05, 0) is 5.92 Å². The summed E-state index contributed by atoms with van der Waals surface area (Å²) in [7, 11) is 9.92. The Bertz CT molecular complexity index is 35.2. The summed E-state index contributed by atoms with van der Waals surface area (Å²) in [6.45, 7) is 4.25. The summed E-state index contributed by atoms with van der Waals surface area (Å²) in [5, 5.41) is 8.14. The molecule has 1 N–H and O–H groups in total. The van der Waals surface area contributed by atoms with Gasteiger partial charge in [0.05, 0.1) is 0 Å². The second-order valence-corrected chi connectivity index (χ2v) is 6.84. The first-order chi connectivity index (χ1) is 3.68. The van der Waals surface area contributed by atoms with Crippen molar-refractivity contribution in [3.63, 3.8) is 0 Å². The zero-order valence-electron chi connectivity index (χ0n) is 4.99. The van der Waals surface area contributed by atoms with Crippen LogP contribution in [0.15, 0.2) is 0 Å². The zero-order chi connectivity index (χ0) is 6.99. The maximum atomic E-state index is 8.14. The Balaban J connectivity index is 0. The van der Waals surface area contributed by atoms with Gasteiger partial charge in [-0.1, -0.05) is 13.8 Å². The van der Waals surface area contributed by atoms with Crippen molar-refractivity contribution in [2.75, 3.05) is 6.61 Å². The minimum atomic E-state index is -0.972. The van der Waals surface area contributed by atoms with Crippen LogP contribution >= 0.6 is 17.2 Å². The first kappa shape index (κ1) is 12.1. The van der Waals surface area contributed by atoms with Crippen molar-refractivity contribution in [1.82, 2.24) is 0 Å². The SMILES string of the molecule is CC(C)CO.[Cl][Hf][Cl]. The van der Waals surface area contributed by atoms with E-state index in [1.54, 1.807) is 0 Å². The molecule has 0 unspecified atom stereocenters. The van der Waals surface area contributed by atoms with Gasteiger partial charge >= 0.3 is 37.7 Å². The molecule has 0 amide bonds. The molecule has 0 rings (SSSR count). The molecule has 0 aromatic rings. The normalized spacial score (nSPS) is 7.75. The van der Waals surface area contributed by atoms with Gasteiger partial charge in [-0.2, -0.15) is 0 Å². The van der Waals surface area contributed by atoms with E-state index in [9.17, 15) is 0 Å². The third-order valence-corrected chi connectivity index (χ3v) is 0.365. The fourth-order valence-corrected chi connectivity index (χ4v) is 0. The van der Waals surface area contributed by atoms with Crippen molar-refractivity contribution in [1.29, 1.82) is 0 Å². The Morgan fingerprint density at radius 3 is 1.62 bits per heavy atom. The predicted octanol–water partition coefficient (Wildman–Crippen LogP) is 2.01. The van der Waals surface area contributed by atoms with Gasteiger partial charge in [0.15, 0.2) is 0 Å². The summed E-state index contributed by atoms with van der Waals surface area (Å²) >= 11 is -0.972. The molecule has 0 aliphatic carbocycles. The average Bonchev–Trinajstić information content (AvgIpc) is 1.69. The topological polar surface area (TPSA) is 20.2 Å². The van der Waals surface area contributed by atoms with Crippen LogP contribution in [0.4, 0.5) is 0 Å². The van der Waals surface area contributed by atoms with Crippen LogP contribution in [-0.4, -0.2) is 11.7 Å². The summed E-state index contributed by atoms with van der Waals surface area (Å²) in [5.74, 6) is 0.440. The number of halogens is 2. The average molecular weight is 324 g/mol. The van der Waals surface area contributed by atoms with E-state index in [1.165, 1.54) is 0 Å². The molecule has 0 saturated carbocycles. The van der Waals surface area contributed by atoms with Crippen molar-refractivity contribution < 1.29 is 25.6 Å². The first-order valence-corrected chi connectivity index (χ1v) is 11.2. The summed E-state index contributed by atoms with van der Waals surface area (Å²) in [6, 6.07) is 0. The van der Waals surface area contributed by atoms with Gasteiger partial charge in [-0.15, -0.1) is 0 Å². The van der Waals surface area contributed by atoms with Gasteiger partial charge in [0.2, 0.25) is 0 Å². The van der Waals surface area contributed by atoms with Gasteiger partial charge in [0, 0.05) is 6.61 Å². The molecule has 0 saturated heterocycles. The van der Waals surface area contributed by atoms with Gasteiger partial charge in [-0.3, -0.25) is 0 Å². The predicted molar refractivity (Wildman–Crippen MR) is 33.6 cm³/mol. The third kappa shape index (κ3) is 26.2. The van der Waals surface area contributed by atoms with Crippen molar-refractivity contribution in [2.24, 2.45) is 5.92 Å². The van der Waals surface area contributed by atoms with Crippen molar-refractivity contribution in [3.8, 4) is 0 Å². The maximum absolute atomic E-state index is 8.14. The van der Waals surface area contributed by atoms with Crippen LogP contribution in [0.5, 0.6) is 0 Å². The molecule has 0 fully saturated rings. The molecule has 0 aliphatic rings. The van der Waals surface area contributed by atoms with Gasteiger partial charge in [-0.25, -0.2) is 0 Å². The molecule has 4 heteroatoms. The van der Waals surface area contributed by atoms with Gasteiger partial charge < -0.3 is 5.11 Å². The Kier molecular flexibility index (Phi) is 17.0. The Hall–Kier alpha value is 1.41. The fraction of sp³-hybridized carbons (Fsp3) is 1.00. The molecular formula is C4H10Cl2HfO. The summed E-state index contributed by atoms with van der Waals surface area (Å²) in [5.41, 5.74) is 0. The van der Waals surface area contributed by atoms with Crippen LogP contribution in [0, 0.1) is 5.92 Å². The zero-order valence-corrected chi connectivity index (χ0v) is 10.1. The molecular weight excluding hydrogens is 313 g/mol. The molecule has 0 aromatic carbocycles. The second-order valence-electron chi connectivity index (χ2n) is 1.65. The summed E-state index contributed by atoms with van der Waals surface area (Å²) in [4.78, 5) is 0. The van der Waals surface area contributed by atoms with E-state index in [0.717, 1.165) is 0 Å². The van der Waals surface area contributed by atoms with Crippen LogP contribution in [0.2, 0.25) is 0 Å². The molecule has 0 spiro atoms. The minimum absolute atomic E-state index is 0.306. The third-order valence-electron chi connectivity index (χ3n) is 0.365. The van der Waals surface area contributed by atoms with E-state index < -0.39 is 20.5 Å². The van der Waals surface area contributed by atoms with E-state index in [4.69, 9.17) is 22.3 Å². The number of aliphatic hydroxyl groups excluding tert-OH is 1. The number of hydrogen-bond donors (Lipinski definition) is 1. The summed E-state index contributed by atoms with van der Waals surface area (Å²) in [6.07, 6.45) is 0. The fourth-order valence-electron chi connectivity index (χ4n) is 0. The molecule has 0 aromatic heterocycles. The molecule has 0 aliphatic heterocycles. The molecule has 50 valence electrons. The Morgan fingerprint density at radius 2 is 1.62 bits per heavy atom. The number of aliphatic hydroxyl groups is 1. The van der Waals surface area contributed by atoms with Crippen LogP contribution in [0.3, 0.4) is 0 Å². The monoisotopic (exact) mass is 324 g/mol. The molecule has 0 bridgehead atoms. The number of hydrogen-bond acceptors (Lipinski definition) is 1. The standard InChI is InChI=1S/C4H10O.2ClH.Hf/c1-4(2)3-5;;;/h4-5H,3H2,1-2H3;2*1H;/q;;;+2/p-2. The quantitative estimate of drug-likeness (QED) is 0.732. The van der Waals surface area contributed by atoms with E-state index >= 15 is 0 Å². The van der Waals surface area contributed by atoms with Gasteiger partial charge in [0.1, 0.15) is 0 Å². The molecule has 0 heterocycles. The summed E-state index contributed by atoms with van der Waals surface area (Å²) < 4.78 is 0. The van der Waals surface area contributed by atoms with Crippen LogP contribution < -0.4 is 0 Å². The Morgan fingerprint density at radius 1 is 1.50 bits per heavy atom. The molecule has 8 heavy (non-hydrogen) atoms. The molecule has 1 nitrogen and oxygen atoms in total. The van der Waals surface area contributed by atoms with Crippen molar-refractivity contribution in [2.45, 2.75) is 13.8 Å². The number of rotatable bonds is 1. The van der Waals surface area contributed by atoms with E-state index in [-0.39, 0.29) is 0 Å². The molecule has 0 radical (unpaired) electrons. The second kappa shape index (κ2) is 11.2.